The first-order valence-electron chi connectivity index (χ1n) is 4.20. The van der Waals surface area contributed by atoms with Gasteiger partial charge in [-0.3, -0.25) is 4.39 Å². The first-order chi connectivity index (χ1) is 6.66. The van der Waals surface area contributed by atoms with Crippen molar-refractivity contribution in [2.45, 2.75) is 17.2 Å². The molecule has 0 saturated carbocycles. The minimum atomic E-state index is -1.86. The molecule has 14 heavy (non-hydrogen) atoms. The van der Waals surface area contributed by atoms with E-state index in [4.69, 9.17) is 0 Å². The van der Waals surface area contributed by atoms with Crippen LogP contribution in [0.25, 0.3) is 0 Å². The van der Waals surface area contributed by atoms with Gasteiger partial charge in [-0.25, -0.2) is 8.78 Å². The van der Waals surface area contributed by atoms with E-state index >= 15 is 0 Å². The molecule has 0 aromatic heterocycles. The van der Waals surface area contributed by atoms with Crippen LogP contribution >= 0.6 is 15.9 Å². The largest absolute Gasteiger partial charge is 0.250 e. The Labute approximate surface area is 89.3 Å². The lowest BCUT2D eigenvalue weighted by Crippen LogP contribution is -2.22. The quantitative estimate of drug-likeness (QED) is 0.728. The summed E-state index contributed by atoms with van der Waals surface area (Å²) >= 11 is 2.47. The Balaban J connectivity index is 2.82. The molecule has 0 aliphatic rings. The van der Waals surface area contributed by atoms with Crippen molar-refractivity contribution in [3.8, 4) is 0 Å². The second-order valence-electron chi connectivity index (χ2n) is 2.95. The van der Waals surface area contributed by atoms with E-state index < -0.39 is 23.8 Å². The number of alkyl halides is 4. The van der Waals surface area contributed by atoms with Crippen LogP contribution in [0.4, 0.5) is 13.2 Å². The van der Waals surface area contributed by atoms with Gasteiger partial charge in [0.15, 0.2) is 11.3 Å². The van der Waals surface area contributed by atoms with Crippen molar-refractivity contribution in [1.82, 2.24) is 0 Å². The van der Waals surface area contributed by atoms with Gasteiger partial charge in [-0.05, 0) is 21.5 Å². The summed E-state index contributed by atoms with van der Waals surface area (Å²) in [6, 6.07) is 8.27. The monoisotopic (exact) mass is 266 g/mol. The van der Waals surface area contributed by atoms with Crippen LogP contribution < -0.4 is 0 Å². The normalized spacial score (nSPS) is 17.4. The van der Waals surface area contributed by atoms with Gasteiger partial charge < -0.3 is 0 Å². The Morgan fingerprint density at radius 3 is 2.14 bits per heavy atom. The molecule has 3 unspecified atom stereocenters. The van der Waals surface area contributed by atoms with Crippen molar-refractivity contribution in [1.29, 1.82) is 0 Å². The Bertz CT molecular complexity index is 263. The molecule has 0 amide bonds. The summed E-state index contributed by atoms with van der Waals surface area (Å²) in [5.41, 5.74) is 0.476. The maximum absolute atomic E-state index is 13.2. The van der Waals surface area contributed by atoms with Gasteiger partial charge in [0.05, 0.1) is 6.67 Å². The fourth-order valence-corrected chi connectivity index (χ4v) is 1.60. The average molecular weight is 267 g/mol. The first kappa shape index (κ1) is 11.6. The summed E-state index contributed by atoms with van der Waals surface area (Å²) in [5, 5.41) is -1.83. The highest BCUT2D eigenvalue weighted by Gasteiger charge is 2.29. The van der Waals surface area contributed by atoms with Crippen LogP contribution in [0.15, 0.2) is 30.3 Å². The summed E-state index contributed by atoms with van der Waals surface area (Å²) in [4.78, 5) is 0. The Kier molecular flexibility index (Phi) is 4.45. The average Bonchev–Trinajstić information content (AvgIpc) is 2.20. The van der Waals surface area contributed by atoms with E-state index in [1.54, 1.807) is 30.3 Å². The van der Waals surface area contributed by atoms with Gasteiger partial charge in [-0.1, -0.05) is 30.3 Å². The highest BCUT2D eigenvalue weighted by molar-refractivity contribution is 9.09. The minimum Gasteiger partial charge on any atom is -0.250 e. The molecule has 4 heteroatoms. The summed E-state index contributed by atoms with van der Waals surface area (Å²) in [7, 11) is 0. The lowest BCUT2D eigenvalue weighted by molar-refractivity contribution is 0.184. The highest BCUT2D eigenvalue weighted by atomic mass is 79.9. The number of rotatable bonds is 4. The van der Waals surface area contributed by atoms with E-state index in [0.29, 0.717) is 5.56 Å². The topological polar surface area (TPSA) is 0 Å². The van der Waals surface area contributed by atoms with E-state index in [9.17, 15) is 13.2 Å². The molecule has 3 atom stereocenters. The minimum absolute atomic E-state index is 0.476. The Morgan fingerprint density at radius 2 is 1.71 bits per heavy atom. The van der Waals surface area contributed by atoms with Crippen LogP contribution in [-0.2, 0) is 0 Å². The SMILES string of the molecule is FCC(c1ccccc1)C(F)C(F)Br. The molecule has 1 aromatic carbocycles. The molecule has 0 N–H and O–H groups in total. The highest BCUT2D eigenvalue weighted by Crippen LogP contribution is 2.28. The molecule has 0 saturated heterocycles. The lowest BCUT2D eigenvalue weighted by Gasteiger charge is -2.18. The van der Waals surface area contributed by atoms with Crippen LogP contribution in [0.5, 0.6) is 0 Å². The summed E-state index contributed by atoms with van der Waals surface area (Å²) in [6.07, 6.45) is -1.86. The molecule has 0 heterocycles. The standard InChI is InChI=1S/C10H10BrF3/c11-10(14)9(13)8(6-12)7-4-2-1-3-5-7/h1-5,8-10H,6H2. The zero-order valence-corrected chi connectivity index (χ0v) is 8.92. The third kappa shape index (κ3) is 2.74. The Morgan fingerprint density at radius 1 is 1.14 bits per heavy atom. The van der Waals surface area contributed by atoms with Gasteiger partial charge in [0.2, 0.25) is 0 Å². The summed E-state index contributed by atoms with van der Waals surface area (Å²) in [6.45, 7) is -0.906. The molecular weight excluding hydrogens is 257 g/mol. The van der Waals surface area contributed by atoms with E-state index in [1.807, 2.05) is 0 Å². The third-order valence-corrected chi connectivity index (χ3v) is 2.52. The van der Waals surface area contributed by atoms with Gasteiger partial charge >= 0.3 is 0 Å². The smallest absolute Gasteiger partial charge is 0.186 e. The molecular formula is C10H10BrF3. The lowest BCUT2D eigenvalue weighted by atomic mass is 9.96. The zero-order valence-electron chi connectivity index (χ0n) is 7.34. The van der Waals surface area contributed by atoms with E-state index in [2.05, 4.69) is 15.9 Å². The van der Waals surface area contributed by atoms with E-state index in [0.717, 1.165) is 0 Å². The molecule has 0 aliphatic carbocycles. The number of halogens is 4. The van der Waals surface area contributed by atoms with Crippen LogP contribution in [0, 0.1) is 0 Å². The number of hydrogen-bond acceptors (Lipinski definition) is 0. The maximum atomic E-state index is 13.2. The fourth-order valence-electron chi connectivity index (χ4n) is 1.23. The van der Waals surface area contributed by atoms with E-state index in [1.165, 1.54) is 0 Å². The van der Waals surface area contributed by atoms with Crippen molar-refractivity contribution in [3.63, 3.8) is 0 Å². The molecule has 1 rings (SSSR count). The van der Waals surface area contributed by atoms with Gasteiger partial charge in [0.1, 0.15) is 0 Å². The fraction of sp³-hybridized carbons (Fsp3) is 0.400. The molecule has 0 fully saturated rings. The molecule has 0 aliphatic heterocycles. The first-order valence-corrected chi connectivity index (χ1v) is 5.11. The van der Waals surface area contributed by atoms with Crippen molar-refractivity contribution < 1.29 is 13.2 Å². The van der Waals surface area contributed by atoms with Gasteiger partial charge in [0.25, 0.3) is 0 Å². The number of benzene rings is 1. The van der Waals surface area contributed by atoms with E-state index in [-0.39, 0.29) is 0 Å². The van der Waals surface area contributed by atoms with Crippen molar-refractivity contribution in [2.24, 2.45) is 0 Å². The molecule has 0 nitrogen and oxygen atoms in total. The Hall–Kier alpha value is -0.510. The van der Waals surface area contributed by atoms with Crippen LogP contribution in [0.2, 0.25) is 0 Å². The van der Waals surface area contributed by atoms with Gasteiger partial charge in [0, 0.05) is 5.92 Å². The zero-order chi connectivity index (χ0) is 10.6. The van der Waals surface area contributed by atoms with Crippen LogP contribution in [0.1, 0.15) is 11.5 Å². The maximum Gasteiger partial charge on any atom is 0.186 e. The predicted molar refractivity (Wildman–Crippen MR) is 53.9 cm³/mol. The molecule has 78 valence electrons. The molecule has 1 aromatic rings. The van der Waals surface area contributed by atoms with Crippen molar-refractivity contribution >= 4 is 15.9 Å². The number of hydrogen-bond donors (Lipinski definition) is 0. The van der Waals surface area contributed by atoms with Gasteiger partial charge in [-0.2, -0.15) is 0 Å². The van der Waals surface area contributed by atoms with Crippen LogP contribution in [-0.4, -0.2) is 17.9 Å². The van der Waals surface area contributed by atoms with Gasteiger partial charge in [-0.15, -0.1) is 0 Å². The summed E-state index contributed by atoms with van der Waals surface area (Å²) < 4.78 is 38.3. The second kappa shape index (κ2) is 5.39. The predicted octanol–water partition coefficient (Wildman–Crippen LogP) is 3.77. The van der Waals surface area contributed by atoms with Crippen LogP contribution in [0.3, 0.4) is 0 Å². The molecule has 0 spiro atoms. The van der Waals surface area contributed by atoms with Crippen molar-refractivity contribution in [2.75, 3.05) is 6.67 Å². The second-order valence-corrected chi connectivity index (χ2v) is 3.83. The molecule has 0 radical (unpaired) electrons. The molecule has 0 bridgehead atoms. The third-order valence-electron chi connectivity index (χ3n) is 2.02. The van der Waals surface area contributed by atoms with Crippen molar-refractivity contribution in [3.05, 3.63) is 35.9 Å². The summed E-state index contributed by atoms with van der Waals surface area (Å²) in [5.74, 6) is -1.04.